The number of rotatable bonds is 10. The monoisotopic (exact) mass is 415 g/mol. The van der Waals surface area contributed by atoms with E-state index in [0.29, 0.717) is 41.5 Å². The Kier molecular flexibility index (Phi) is 8.53. The van der Waals surface area contributed by atoms with Gasteiger partial charge in [-0.3, -0.25) is 9.59 Å². The van der Waals surface area contributed by atoms with Crippen LogP contribution < -0.4 is 14.2 Å². The summed E-state index contributed by atoms with van der Waals surface area (Å²) >= 11 is 0. The largest absolute Gasteiger partial charge is 0.493 e. The second kappa shape index (κ2) is 11.1. The van der Waals surface area contributed by atoms with Gasteiger partial charge in [0, 0.05) is 18.7 Å². The van der Waals surface area contributed by atoms with Crippen LogP contribution in [0.1, 0.15) is 31.1 Å². The predicted octanol–water partition coefficient (Wildman–Crippen LogP) is 3.41. The Bertz CT molecular complexity index is 823. The maximum Gasteiger partial charge on any atom is 0.311 e. The second-order valence-corrected chi connectivity index (χ2v) is 6.50. The first kappa shape index (κ1) is 23.1. The van der Waals surface area contributed by atoms with Crippen molar-refractivity contribution in [2.75, 3.05) is 34.4 Å². The average molecular weight is 415 g/mol. The summed E-state index contributed by atoms with van der Waals surface area (Å²) in [5.41, 5.74) is 1.25. The summed E-state index contributed by atoms with van der Waals surface area (Å²) in [5, 5.41) is 0. The molecule has 2 aromatic rings. The van der Waals surface area contributed by atoms with Gasteiger partial charge in [0.25, 0.3) is 5.91 Å². The SMILES string of the molecule is CCN(CC)C(=O)[C@H](OC(=O)Cc1cc(OC)c(OC)c(OC)c1)c1ccccc1. The van der Waals surface area contributed by atoms with Gasteiger partial charge in [0.15, 0.2) is 11.5 Å². The van der Waals surface area contributed by atoms with Crippen LogP contribution in [0.3, 0.4) is 0 Å². The van der Waals surface area contributed by atoms with Crippen LogP contribution in [0.5, 0.6) is 17.2 Å². The Labute approximate surface area is 177 Å². The number of benzene rings is 2. The number of hydrogen-bond acceptors (Lipinski definition) is 6. The van der Waals surface area contributed by atoms with Gasteiger partial charge in [0.05, 0.1) is 27.8 Å². The van der Waals surface area contributed by atoms with Gasteiger partial charge < -0.3 is 23.8 Å². The number of carbonyl (C=O) groups excluding carboxylic acids is 2. The third kappa shape index (κ3) is 5.43. The van der Waals surface area contributed by atoms with Gasteiger partial charge in [0.1, 0.15) is 0 Å². The Morgan fingerprint density at radius 2 is 1.47 bits per heavy atom. The third-order valence-electron chi connectivity index (χ3n) is 4.72. The maximum absolute atomic E-state index is 13.0. The first-order valence-corrected chi connectivity index (χ1v) is 9.81. The lowest BCUT2D eigenvalue weighted by Crippen LogP contribution is -2.36. The number of methoxy groups -OCH3 is 3. The van der Waals surface area contributed by atoms with E-state index >= 15 is 0 Å². The van der Waals surface area contributed by atoms with Crippen molar-refractivity contribution in [1.29, 1.82) is 0 Å². The number of carbonyl (C=O) groups is 2. The van der Waals surface area contributed by atoms with Crippen LogP contribution in [0.2, 0.25) is 0 Å². The summed E-state index contributed by atoms with van der Waals surface area (Å²) in [6.45, 7) is 4.84. The van der Waals surface area contributed by atoms with Crippen molar-refractivity contribution in [2.45, 2.75) is 26.4 Å². The van der Waals surface area contributed by atoms with Crippen LogP contribution in [0, 0.1) is 0 Å². The molecule has 0 saturated heterocycles. The molecule has 0 spiro atoms. The summed E-state index contributed by atoms with van der Waals surface area (Å²) < 4.78 is 21.6. The lowest BCUT2D eigenvalue weighted by Gasteiger charge is -2.25. The number of amides is 1. The molecule has 0 radical (unpaired) electrons. The Morgan fingerprint density at radius 3 is 1.93 bits per heavy atom. The van der Waals surface area contributed by atoms with Crippen LogP contribution in [-0.2, 0) is 20.7 Å². The molecular formula is C23H29NO6. The van der Waals surface area contributed by atoms with Crippen LogP contribution in [0.4, 0.5) is 0 Å². The molecule has 7 nitrogen and oxygen atoms in total. The summed E-state index contributed by atoms with van der Waals surface area (Å²) in [6.07, 6.45) is -1.05. The van der Waals surface area contributed by atoms with Gasteiger partial charge in [0.2, 0.25) is 11.9 Å². The third-order valence-corrected chi connectivity index (χ3v) is 4.72. The van der Waals surface area contributed by atoms with E-state index in [1.807, 2.05) is 32.0 Å². The number of nitrogens with zero attached hydrogens (tertiary/aromatic N) is 1. The van der Waals surface area contributed by atoms with E-state index in [0.717, 1.165) is 0 Å². The zero-order valence-electron chi connectivity index (χ0n) is 18.1. The smallest absolute Gasteiger partial charge is 0.311 e. The lowest BCUT2D eigenvalue weighted by molar-refractivity contribution is -0.160. The zero-order valence-corrected chi connectivity index (χ0v) is 18.1. The van der Waals surface area contributed by atoms with Gasteiger partial charge in [-0.2, -0.15) is 0 Å². The predicted molar refractivity (Wildman–Crippen MR) is 113 cm³/mol. The quantitative estimate of drug-likeness (QED) is 0.554. The normalized spacial score (nSPS) is 11.4. The number of hydrogen-bond donors (Lipinski definition) is 0. The molecule has 0 aliphatic heterocycles. The van der Waals surface area contributed by atoms with Crippen molar-refractivity contribution < 1.29 is 28.5 Å². The summed E-state index contributed by atoms with van der Waals surface area (Å²) in [6, 6.07) is 12.4. The highest BCUT2D eigenvalue weighted by Crippen LogP contribution is 2.38. The highest BCUT2D eigenvalue weighted by molar-refractivity contribution is 5.85. The fourth-order valence-corrected chi connectivity index (χ4v) is 3.17. The second-order valence-electron chi connectivity index (χ2n) is 6.50. The lowest BCUT2D eigenvalue weighted by atomic mass is 10.1. The van der Waals surface area contributed by atoms with Crippen LogP contribution in [-0.4, -0.2) is 51.2 Å². The molecule has 0 bridgehead atoms. The Balaban J connectivity index is 2.27. The number of ether oxygens (including phenoxy) is 4. The Morgan fingerprint density at radius 1 is 0.900 bits per heavy atom. The molecule has 1 atom stereocenters. The van der Waals surface area contributed by atoms with Crippen LogP contribution >= 0.6 is 0 Å². The first-order chi connectivity index (χ1) is 14.5. The topological polar surface area (TPSA) is 74.3 Å². The van der Waals surface area contributed by atoms with E-state index in [1.165, 1.54) is 21.3 Å². The molecule has 30 heavy (non-hydrogen) atoms. The Hall–Kier alpha value is -3.22. The van der Waals surface area contributed by atoms with Crippen LogP contribution in [0.15, 0.2) is 42.5 Å². The molecule has 7 heteroatoms. The molecule has 2 rings (SSSR count). The van der Waals surface area contributed by atoms with Crippen molar-refractivity contribution in [1.82, 2.24) is 4.90 Å². The van der Waals surface area contributed by atoms with Crippen molar-refractivity contribution in [3.8, 4) is 17.2 Å². The van der Waals surface area contributed by atoms with Gasteiger partial charge >= 0.3 is 5.97 Å². The van der Waals surface area contributed by atoms with E-state index in [4.69, 9.17) is 18.9 Å². The standard InChI is InChI=1S/C23H29NO6/c1-6-24(7-2)23(26)21(17-11-9-8-10-12-17)30-20(25)15-16-13-18(27-3)22(29-5)19(14-16)28-4/h8-14,21H,6-7,15H2,1-5H3/t21-/m1/s1. The summed E-state index contributed by atoms with van der Waals surface area (Å²) in [5.74, 6) is 0.552. The molecule has 0 aliphatic rings. The minimum atomic E-state index is -0.999. The molecule has 0 saturated carbocycles. The van der Waals surface area contributed by atoms with Gasteiger partial charge in [-0.1, -0.05) is 30.3 Å². The van der Waals surface area contributed by atoms with Crippen molar-refractivity contribution in [3.63, 3.8) is 0 Å². The molecule has 0 fully saturated rings. The fourth-order valence-electron chi connectivity index (χ4n) is 3.17. The molecule has 0 aliphatic carbocycles. The fraction of sp³-hybridized carbons (Fsp3) is 0.391. The summed E-state index contributed by atoms with van der Waals surface area (Å²) in [4.78, 5) is 27.4. The highest BCUT2D eigenvalue weighted by Gasteiger charge is 2.28. The number of likely N-dealkylation sites (N-methyl/N-ethyl adjacent to an activating group) is 1. The zero-order chi connectivity index (χ0) is 22.1. The molecule has 2 aromatic carbocycles. The van der Waals surface area contributed by atoms with Gasteiger partial charge in [-0.15, -0.1) is 0 Å². The van der Waals surface area contributed by atoms with E-state index in [9.17, 15) is 9.59 Å². The van der Waals surface area contributed by atoms with Crippen molar-refractivity contribution in [2.24, 2.45) is 0 Å². The van der Waals surface area contributed by atoms with E-state index in [2.05, 4.69) is 0 Å². The van der Waals surface area contributed by atoms with Crippen molar-refractivity contribution in [3.05, 3.63) is 53.6 Å². The highest BCUT2D eigenvalue weighted by atomic mass is 16.5. The molecule has 162 valence electrons. The van der Waals surface area contributed by atoms with E-state index < -0.39 is 12.1 Å². The number of esters is 1. The van der Waals surface area contributed by atoms with E-state index in [-0.39, 0.29) is 12.3 Å². The molecule has 0 unspecified atom stereocenters. The van der Waals surface area contributed by atoms with Crippen molar-refractivity contribution >= 4 is 11.9 Å². The van der Waals surface area contributed by atoms with Gasteiger partial charge in [-0.05, 0) is 31.5 Å². The minimum Gasteiger partial charge on any atom is -0.493 e. The minimum absolute atomic E-state index is 0.0500. The molecule has 0 aromatic heterocycles. The molecule has 1 amide bonds. The molecule has 0 N–H and O–H groups in total. The van der Waals surface area contributed by atoms with Gasteiger partial charge in [-0.25, -0.2) is 0 Å². The molecular weight excluding hydrogens is 386 g/mol. The van der Waals surface area contributed by atoms with Crippen LogP contribution in [0.25, 0.3) is 0 Å². The summed E-state index contributed by atoms with van der Waals surface area (Å²) in [7, 11) is 4.53. The molecule has 0 heterocycles. The average Bonchev–Trinajstić information content (AvgIpc) is 2.77. The first-order valence-electron chi connectivity index (χ1n) is 9.81. The maximum atomic E-state index is 13.0. The van der Waals surface area contributed by atoms with E-state index in [1.54, 1.807) is 29.2 Å².